The van der Waals surface area contributed by atoms with E-state index >= 15 is 0 Å². The molecule has 140 valence electrons. The number of carbonyl (C=O) groups excluding carboxylic acids is 1. The third kappa shape index (κ3) is 3.89. The fourth-order valence-electron chi connectivity index (χ4n) is 3.32. The van der Waals surface area contributed by atoms with Crippen LogP contribution in [0.4, 0.5) is 0 Å². The molecule has 1 aliphatic rings. The van der Waals surface area contributed by atoms with E-state index in [0.717, 1.165) is 43.8 Å². The Morgan fingerprint density at radius 1 is 1.19 bits per heavy atom. The van der Waals surface area contributed by atoms with Gasteiger partial charge in [0.25, 0.3) is 5.91 Å². The highest BCUT2D eigenvalue weighted by molar-refractivity contribution is 7.33. The van der Waals surface area contributed by atoms with Crippen molar-refractivity contribution in [3.8, 4) is 0 Å². The smallest absolute Gasteiger partial charge is 0.263 e. The van der Waals surface area contributed by atoms with Gasteiger partial charge in [0.15, 0.2) is 0 Å². The molecule has 0 atom stereocenters. The number of likely N-dealkylation sites (tertiary alicyclic amines) is 1. The Kier molecular flexibility index (Phi) is 6.53. The minimum absolute atomic E-state index is 0. The number of fused-ring (bicyclic) bond motifs is 3. The van der Waals surface area contributed by atoms with Crippen LogP contribution in [-0.2, 0) is 4.74 Å². The second-order valence-electron chi connectivity index (χ2n) is 6.41. The van der Waals surface area contributed by atoms with Gasteiger partial charge in [-0.2, -0.15) is 0 Å². The molecule has 0 radical (unpaired) electrons. The van der Waals surface area contributed by atoms with Crippen LogP contribution < -0.4 is 5.73 Å². The number of carbonyl (C=O) groups is 1. The minimum Gasteiger partial charge on any atom is -0.378 e. The van der Waals surface area contributed by atoms with Gasteiger partial charge < -0.3 is 15.4 Å². The topological polar surface area (TPSA) is 55.6 Å². The van der Waals surface area contributed by atoms with Crippen molar-refractivity contribution in [2.24, 2.45) is 5.73 Å². The van der Waals surface area contributed by atoms with Gasteiger partial charge in [-0.15, -0.1) is 35.1 Å². The zero-order chi connectivity index (χ0) is 17.2. The maximum absolute atomic E-state index is 12.9. The highest BCUT2D eigenvalue weighted by atomic mass is 35.5. The van der Waals surface area contributed by atoms with E-state index in [-0.39, 0.29) is 24.4 Å². The average molecular weight is 411 g/mol. The standard InChI is InChI=1S/C19H22N2O2S2.ClH/c20-8-3-11-23-13-6-9-21(10-7-13)19(22)17-12-16-18(25-17)14-4-1-2-5-15(14)24-16;/h1-2,4-5,12-13H,3,6-11,20H2;1H. The molecule has 1 amide bonds. The van der Waals surface area contributed by atoms with Crippen molar-refractivity contribution in [3.63, 3.8) is 0 Å². The van der Waals surface area contributed by atoms with Crippen LogP contribution in [0.2, 0.25) is 0 Å². The Balaban J connectivity index is 0.00000196. The summed E-state index contributed by atoms with van der Waals surface area (Å²) in [6.45, 7) is 2.95. The molecule has 4 rings (SSSR count). The Labute approximate surface area is 167 Å². The number of hydrogen-bond donors (Lipinski definition) is 1. The number of halogens is 1. The van der Waals surface area contributed by atoms with Crippen LogP contribution >= 0.6 is 35.1 Å². The van der Waals surface area contributed by atoms with E-state index in [1.165, 1.54) is 19.5 Å². The molecule has 2 N–H and O–H groups in total. The predicted molar refractivity (Wildman–Crippen MR) is 113 cm³/mol. The Morgan fingerprint density at radius 2 is 1.96 bits per heavy atom. The molecule has 3 heterocycles. The number of piperidine rings is 1. The maximum Gasteiger partial charge on any atom is 0.263 e. The summed E-state index contributed by atoms with van der Waals surface area (Å²) in [6, 6.07) is 10.5. The highest BCUT2D eigenvalue weighted by Crippen LogP contribution is 2.39. The molecular weight excluding hydrogens is 388 g/mol. The van der Waals surface area contributed by atoms with Crippen LogP contribution in [0.25, 0.3) is 19.5 Å². The normalized spacial score (nSPS) is 15.5. The molecule has 4 nitrogen and oxygen atoms in total. The Morgan fingerprint density at radius 3 is 2.73 bits per heavy atom. The van der Waals surface area contributed by atoms with Crippen LogP contribution in [0, 0.1) is 0 Å². The zero-order valence-electron chi connectivity index (χ0n) is 14.5. The van der Waals surface area contributed by atoms with E-state index in [9.17, 15) is 4.79 Å². The van der Waals surface area contributed by atoms with E-state index in [1.54, 1.807) is 22.7 Å². The Bertz CT molecular complexity index is 884. The number of nitrogens with zero attached hydrogens (tertiary/aromatic N) is 1. The highest BCUT2D eigenvalue weighted by Gasteiger charge is 2.25. The third-order valence-electron chi connectivity index (χ3n) is 4.69. The lowest BCUT2D eigenvalue weighted by atomic mass is 10.1. The number of amides is 1. The second kappa shape index (κ2) is 8.67. The molecule has 26 heavy (non-hydrogen) atoms. The van der Waals surface area contributed by atoms with Gasteiger partial charge in [0.2, 0.25) is 0 Å². The van der Waals surface area contributed by atoms with Crippen molar-refractivity contribution >= 4 is 60.5 Å². The van der Waals surface area contributed by atoms with Crippen molar-refractivity contribution in [3.05, 3.63) is 35.2 Å². The second-order valence-corrected chi connectivity index (χ2v) is 8.54. The monoisotopic (exact) mass is 410 g/mol. The molecule has 3 aromatic rings. The summed E-state index contributed by atoms with van der Waals surface area (Å²) >= 11 is 3.39. The Hall–Kier alpha value is -1.18. The summed E-state index contributed by atoms with van der Waals surface area (Å²) in [5.41, 5.74) is 5.50. The van der Waals surface area contributed by atoms with Gasteiger partial charge in [0.1, 0.15) is 0 Å². The van der Waals surface area contributed by atoms with E-state index in [4.69, 9.17) is 10.5 Å². The lowest BCUT2D eigenvalue weighted by Crippen LogP contribution is -2.40. The van der Waals surface area contributed by atoms with Crippen LogP contribution in [0.1, 0.15) is 28.9 Å². The molecule has 0 saturated carbocycles. The van der Waals surface area contributed by atoms with Gasteiger partial charge in [-0.1, -0.05) is 18.2 Å². The number of thiophene rings is 2. The fourth-order valence-corrected chi connectivity index (χ4v) is 5.81. The molecule has 0 bridgehead atoms. The predicted octanol–water partition coefficient (Wildman–Crippen LogP) is 4.51. The van der Waals surface area contributed by atoms with Gasteiger partial charge >= 0.3 is 0 Å². The van der Waals surface area contributed by atoms with Gasteiger partial charge in [-0.05, 0) is 37.9 Å². The molecule has 1 fully saturated rings. The van der Waals surface area contributed by atoms with Crippen molar-refractivity contribution in [2.75, 3.05) is 26.2 Å². The molecule has 0 spiro atoms. The van der Waals surface area contributed by atoms with Crippen LogP contribution in [-0.4, -0.2) is 43.2 Å². The maximum atomic E-state index is 12.9. The zero-order valence-corrected chi connectivity index (χ0v) is 16.9. The van der Waals surface area contributed by atoms with Gasteiger partial charge in [-0.25, -0.2) is 0 Å². The van der Waals surface area contributed by atoms with Gasteiger partial charge in [-0.3, -0.25) is 4.79 Å². The minimum atomic E-state index is 0. The fraction of sp³-hybridized carbons (Fsp3) is 0.421. The van der Waals surface area contributed by atoms with E-state index in [1.807, 2.05) is 4.90 Å². The van der Waals surface area contributed by atoms with Crippen molar-refractivity contribution in [1.29, 1.82) is 0 Å². The van der Waals surface area contributed by atoms with Crippen molar-refractivity contribution in [2.45, 2.75) is 25.4 Å². The molecule has 2 aromatic heterocycles. The van der Waals surface area contributed by atoms with E-state index in [2.05, 4.69) is 30.3 Å². The summed E-state index contributed by atoms with van der Waals surface area (Å²) in [5, 5.41) is 1.26. The number of ether oxygens (including phenoxy) is 1. The summed E-state index contributed by atoms with van der Waals surface area (Å²) in [5.74, 6) is 0.165. The van der Waals surface area contributed by atoms with Crippen LogP contribution in [0.3, 0.4) is 0 Å². The lowest BCUT2D eigenvalue weighted by Gasteiger charge is -2.31. The van der Waals surface area contributed by atoms with Crippen molar-refractivity contribution < 1.29 is 9.53 Å². The number of benzene rings is 1. The third-order valence-corrected chi connectivity index (χ3v) is 7.09. The number of hydrogen-bond acceptors (Lipinski definition) is 5. The molecule has 1 aromatic carbocycles. The van der Waals surface area contributed by atoms with Crippen molar-refractivity contribution in [1.82, 2.24) is 4.90 Å². The molecule has 7 heteroatoms. The molecule has 1 aliphatic heterocycles. The first-order chi connectivity index (χ1) is 12.3. The van der Waals surface area contributed by atoms with E-state index in [0.29, 0.717) is 6.54 Å². The molecular formula is C19H23ClN2O2S2. The number of rotatable bonds is 5. The largest absolute Gasteiger partial charge is 0.378 e. The van der Waals surface area contributed by atoms with Crippen LogP contribution in [0.5, 0.6) is 0 Å². The first-order valence-corrected chi connectivity index (χ1v) is 10.4. The summed E-state index contributed by atoms with van der Waals surface area (Å²) in [6.07, 6.45) is 3.00. The molecule has 0 aliphatic carbocycles. The summed E-state index contributed by atoms with van der Waals surface area (Å²) < 4.78 is 9.57. The quantitative estimate of drug-likeness (QED) is 0.629. The first-order valence-electron chi connectivity index (χ1n) is 8.78. The lowest BCUT2D eigenvalue weighted by molar-refractivity contribution is 0.00858. The number of nitrogens with two attached hydrogens (primary N) is 1. The van der Waals surface area contributed by atoms with Gasteiger partial charge in [0.05, 0.1) is 15.7 Å². The summed E-state index contributed by atoms with van der Waals surface area (Å²) in [7, 11) is 0. The van der Waals surface area contributed by atoms with Crippen LogP contribution in [0.15, 0.2) is 30.3 Å². The summed E-state index contributed by atoms with van der Waals surface area (Å²) in [4.78, 5) is 15.7. The molecule has 1 saturated heterocycles. The average Bonchev–Trinajstić information content (AvgIpc) is 3.20. The van der Waals surface area contributed by atoms with E-state index < -0.39 is 0 Å². The SMILES string of the molecule is Cl.NCCCOC1CCN(C(=O)c2cc3sc4ccccc4c3s2)CC1. The van der Waals surface area contributed by atoms with Gasteiger partial charge in [0, 0.05) is 34.5 Å². The first kappa shape index (κ1) is 19.6. The molecule has 0 unspecified atom stereocenters.